The zero-order valence-corrected chi connectivity index (χ0v) is 16.3. The van der Waals surface area contributed by atoms with E-state index in [0.29, 0.717) is 29.7 Å². The third-order valence-corrected chi connectivity index (χ3v) is 4.35. The number of rotatable bonds is 6. The molecule has 6 heteroatoms. The maximum Gasteiger partial charge on any atom is 0.347 e. The number of hydrogen-bond donors (Lipinski definition) is 0. The molecular formula is C21H22ClNO4. The molecule has 1 aliphatic rings. The molecule has 2 aromatic carbocycles. The van der Waals surface area contributed by atoms with Crippen molar-refractivity contribution in [3.63, 3.8) is 0 Å². The summed E-state index contributed by atoms with van der Waals surface area (Å²) in [6.45, 7) is 4.41. The molecule has 1 aliphatic heterocycles. The van der Waals surface area contributed by atoms with Crippen LogP contribution in [-0.4, -0.2) is 32.3 Å². The molecule has 5 nitrogen and oxygen atoms in total. The maximum atomic E-state index is 11.6. The van der Waals surface area contributed by atoms with Gasteiger partial charge >= 0.3 is 5.97 Å². The minimum Gasteiger partial charge on any atom is -0.479 e. The van der Waals surface area contributed by atoms with Crippen molar-refractivity contribution < 1.29 is 19.0 Å². The highest BCUT2D eigenvalue weighted by molar-refractivity contribution is 6.30. The van der Waals surface area contributed by atoms with E-state index < -0.39 is 6.10 Å². The van der Waals surface area contributed by atoms with Crippen molar-refractivity contribution in [3.05, 3.63) is 58.8 Å². The van der Waals surface area contributed by atoms with Crippen molar-refractivity contribution in [3.8, 4) is 11.5 Å². The van der Waals surface area contributed by atoms with Crippen LogP contribution in [0.3, 0.4) is 0 Å². The molecule has 1 unspecified atom stereocenters. The van der Waals surface area contributed by atoms with E-state index >= 15 is 0 Å². The second-order valence-corrected chi connectivity index (χ2v) is 6.69. The molecule has 2 aromatic rings. The van der Waals surface area contributed by atoms with Crippen molar-refractivity contribution in [2.45, 2.75) is 20.0 Å². The standard InChI is InChI=1S/C21H22ClNO4/c1-4-25-21(24)14(2)26-17-6-8-18(9-7-17)27-19-12-15-11-16(22)5-10-20(15)23(3)13-19/h5-12,14H,4,13H2,1-3H3. The van der Waals surface area contributed by atoms with Crippen molar-refractivity contribution in [2.75, 3.05) is 25.1 Å². The first-order chi connectivity index (χ1) is 13.0. The summed E-state index contributed by atoms with van der Waals surface area (Å²) in [5, 5.41) is 0.692. The summed E-state index contributed by atoms with van der Waals surface area (Å²) < 4.78 is 16.5. The van der Waals surface area contributed by atoms with Crippen molar-refractivity contribution >= 4 is 29.3 Å². The molecular weight excluding hydrogens is 366 g/mol. The Morgan fingerprint density at radius 1 is 1.19 bits per heavy atom. The van der Waals surface area contributed by atoms with E-state index in [1.807, 2.05) is 43.5 Å². The Morgan fingerprint density at radius 2 is 1.89 bits per heavy atom. The van der Waals surface area contributed by atoms with Gasteiger partial charge in [-0.2, -0.15) is 0 Å². The smallest absolute Gasteiger partial charge is 0.347 e. The van der Waals surface area contributed by atoms with E-state index in [2.05, 4.69) is 4.90 Å². The Hall–Kier alpha value is -2.66. The number of likely N-dealkylation sites (N-methyl/N-ethyl adjacent to an activating group) is 1. The van der Waals surface area contributed by atoms with E-state index in [1.165, 1.54) is 0 Å². The zero-order valence-electron chi connectivity index (χ0n) is 15.6. The number of halogens is 1. The highest BCUT2D eigenvalue weighted by Gasteiger charge is 2.18. The van der Waals surface area contributed by atoms with E-state index in [1.54, 1.807) is 26.0 Å². The van der Waals surface area contributed by atoms with E-state index in [9.17, 15) is 4.79 Å². The third kappa shape index (κ3) is 4.74. The number of nitrogens with zero attached hydrogens (tertiary/aromatic N) is 1. The van der Waals surface area contributed by atoms with Gasteiger partial charge in [0.1, 0.15) is 17.3 Å². The molecule has 0 N–H and O–H groups in total. The van der Waals surface area contributed by atoms with E-state index in [-0.39, 0.29) is 5.97 Å². The molecule has 142 valence electrons. The second kappa shape index (κ2) is 8.35. The molecule has 0 saturated carbocycles. The average molecular weight is 388 g/mol. The Bertz CT molecular complexity index is 848. The van der Waals surface area contributed by atoms with Gasteiger partial charge in [-0.15, -0.1) is 0 Å². The summed E-state index contributed by atoms with van der Waals surface area (Å²) >= 11 is 6.10. The van der Waals surface area contributed by atoms with Gasteiger partial charge < -0.3 is 19.1 Å². The highest BCUT2D eigenvalue weighted by Crippen LogP contribution is 2.31. The van der Waals surface area contributed by atoms with Crippen LogP contribution in [0.15, 0.2) is 48.2 Å². The number of esters is 1. The van der Waals surface area contributed by atoms with Crippen LogP contribution < -0.4 is 14.4 Å². The predicted octanol–water partition coefficient (Wildman–Crippen LogP) is 4.54. The normalized spacial score (nSPS) is 14.1. The van der Waals surface area contributed by atoms with Gasteiger partial charge in [-0.1, -0.05) is 11.6 Å². The lowest BCUT2D eigenvalue weighted by atomic mass is 10.1. The number of carbonyl (C=O) groups excluding carboxylic acids is 1. The van der Waals surface area contributed by atoms with Gasteiger partial charge in [-0.05, 0) is 62.4 Å². The largest absolute Gasteiger partial charge is 0.479 e. The molecule has 0 fully saturated rings. The molecule has 1 atom stereocenters. The van der Waals surface area contributed by atoms with Crippen LogP contribution in [0.1, 0.15) is 19.4 Å². The molecule has 1 heterocycles. The van der Waals surface area contributed by atoms with Gasteiger partial charge in [0, 0.05) is 23.3 Å². The lowest BCUT2D eigenvalue weighted by Crippen LogP contribution is -2.26. The molecule has 0 amide bonds. The second-order valence-electron chi connectivity index (χ2n) is 6.26. The summed E-state index contributed by atoms with van der Waals surface area (Å²) in [5.41, 5.74) is 2.14. The fraction of sp³-hybridized carbons (Fsp3) is 0.286. The van der Waals surface area contributed by atoms with Gasteiger partial charge in [0.05, 0.1) is 13.2 Å². The lowest BCUT2D eigenvalue weighted by Gasteiger charge is -2.27. The van der Waals surface area contributed by atoms with Gasteiger partial charge in [0.15, 0.2) is 6.10 Å². The highest BCUT2D eigenvalue weighted by atomic mass is 35.5. The lowest BCUT2D eigenvalue weighted by molar-refractivity contribution is -0.150. The topological polar surface area (TPSA) is 48.0 Å². The van der Waals surface area contributed by atoms with E-state index in [0.717, 1.165) is 17.0 Å². The number of anilines is 1. The van der Waals surface area contributed by atoms with Crippen molar-refractivity contribution in [1.29, 1.82) is 0 Å². The molecule has 0 radical (unpaired) electrons. The monoisotopic (exact) mass is 387 g/mol. The van der Waals surface area contributed by atoms with Gasteiger partial charge in [0.2, 0.25) is 0 Å². The summed E-state index contributed by atoms with van der Waals surface area (Å²) in [5.74, 6) is 1.71. The van der Waals surface area contributed by atoms with Crippen LogP contribution in [0.25, 0.3) is 6.08 Å². The van der Waals surface area contributed by atoms with E-state index in [4.69, 9.17) is 25.8 Å². The molecule has 0 bridgehead atoms. The molecule has 27 heavy (non-hydrogen) atoms. The van der Waals surface area contributed by atoms with Crippen molar-refractivity contribution in [2.24, 2.45) is 0 Å². The van der Waals surface area contributed by atoms with Crippen LogP contribution in [0.4, 0.5) is 5.69 Å². The maximum absolute atomic E-state index is 11.6. The van der Waals surface area contributed by atoms with Gasteiger partial charge in [0.25, 0.3) is 0 Å². The first kappa shape index (κ1) is 19.1. The molecule has 0 aliphatic carbocycles. The number of hydrogen-bond acceptors (Lipinski definition) is 5. The summed E-state index contributed by atoms with van der Waals surface area (Å²) in [6, 6.07) is 13.0. The minimum atomic E-state index is -0.660. The van der Waals surface area contributed by atoms with Crippen LogP contribution in [0, 0.1) is 0 Å². The Labute approximate surface area is 164 Å². The summed E-state index contributed by atoms with van der Waals surface area (Å²) in [6.07, 6.45) is 1.33. The zero-order chi connectivity index (χ0) is 19.4. The molecule has 0 saturated heterocycles. The van der Waals surface area contributed by atoms with Crippen LogP contribution in [0.5, 0.6) is 11.5 Å². The molecule has 3 rings (SSSR count). The molecule has 0 spiro atoms. The minimum absolute atomic E-state index is 0.331. The van der Waals surface area contributed by atoms with Gasteiger partial charge in [-0.25, -0.2) is 4.79 Å². The fourth-order valence-electron chi connectivity index (χ4n) is 2.84. The number of carbonyl (C=O) groups is 1. The first-order valence-electron chi connectivity index (χ1n) is 8.78. The van der Waals surface area contributed by atoms with Crippen LogP contribution in [0.2, 0.25) is 5.02 Å². The fourth-order valence-corrected chi connectivity index (χ4v) is 3.02. The quantitative estimate of drug-likeness (QED) is 0.681. The molecule has 0 aromatic heterocycles. The SMILES string of the molecule is CCOC(=O)C(C)Oc1ccc(OC2=Cc3cc(Cl)ccc3N(C)C2)cc1. The summed E-state index contributed by atoms with van der Waals surface area (Å²) in [4.78, 5) is 13.7. The Kier molecular flexibility index (Phi) is 5.91. The average Bonchev–Trinajstić information content (AvgIpc) is 2.63. The van der Waals surface area contributed by atoms with Crippen molar-refractivity contribution in [1.82, 2.24) is 0 Å². The first-order valence-corrected chi connectivity index (χ1v) is 9.16. The third-order valence-electron chi connectivity index (χ3n) is 4.11. The number of fused-ring (bicyclic) bond motifs is 1. The summed E-state index contributed by atoms with van der Waals surface area (Å²) in [7, 11) is 2.01. The predicted molar refractivity (Wildman–Crippen MR) is 106 cm³/mol. The van der Waals surface area contributed by atoms with Gasteiger partial charge in [-0.3, -0.25) is 0 Å². The Balaban J connectivity index is 1.67. The van der Waals surface area contributed by atoms with Crippen LogP contribution >= 0.6 is 11.6 Å². The Morgan fingerprint density at radius 3 is 2.59 bits per heavy atom. The van der Waals surface area contributed by atoms with Crippen LogP contribution in [-0.2, 0) is 9.53 Å². The number of benzene rings is 2. The number of ether oxygens (including phenoxy) is 3.